The summed E-state index contributed by atoms with van der Waals surface area (Å²) in [4.78, 5) is 54.7. The fourth-order valence-electron chi connectivity index (χ4n) is 2.96. The minimum Gasteiger partial charge on any atom is -0.355 e. The molecule has 14 heteroatoms. The van der Waals surface area contributed by atoms with Crippen LogP contribution >= 0.6 is 23.5 Å². The quantitative estimate of drug-likeness (QED) is 0.130. The molecule has 0 fully saturated rings. The van der Waals surface area contributed by atoms with Gasteiger partial charge in [-0.05, 0) is 19.3 Å². The fraction of sp³-hybridized carbons (Fsp3) is 0.368. The van der Waals surface area contributed by atoms with E-state index in [4.69, 9.17) is 0 Å². The Hall–Kier alpha value is -3.26. The van der Waals surface area contributed by atoms with E-state index in [1.807, 2.05) is 0 Å². The zero-order valence-corrected chi connectivity index (χ0v) is 19.2. The second kappa shape index (κ2) is 11.6. The Morgan fingerprint density at radius 2 is 1.18 bits per heavy atom. The Bertz CT molecular complexity index is 1130. The zero-order valence-electron chi connectivity index (χ0n) is 17.6. The Balaban J connectivity index is 1.04. The molecule has 0 aliphatic heterocycles. The van der Waals surface area contributed by atoms with Gasteiger partial charge in [-0.2, -0.15) is 0 Å². The molecule has 4 aromatic rings. The van der Waals surface area contributed by atoms with Crippen molar-refractivity contribution in [1.82, 2.24) is 50.5 Å². The van der Waals surface area contributed by atoms with E-state index in [0.717, 1.165) is 30.3 Å². The van der Waals surface area contributed by atoms with Crippen LogP contribution < -0.4 is 10.6 Å². The highest BCUT2D eigenvalue weighted by Gasteiger charge is 2.10. The molecule has 0 saturated carbocycles. The number of hydrogen-bond donors (Lipinski definition) is 4. The summed E-state index contributed by atoms with van der Waals surface area (Å²) < 4.78 is 0. The summed E-state index contributed by atoms with van der Waals surface area (Å²) in [5.74, 6) is 0.451. The summed E-state index contributed by atoms with van der Waals surface area (Å²) in [6, 6.07) is 0. The number of thioether (sulfide) groups is 2. The SMILES string of the molecule is O=C(CSc1ncnc2nc[nH]c12)NCCCCCNC(=O)CSc1ncnc2nc[nH]c12. The van der Waals surface area contributed by atoms with Gasteiger partial charge in [0.25, 0.3) is 0 Å². The number of imidazole rings is 2. The maximum Gasteiger partial charge on any atom is 0.230 e. The molecule has 0 aliphatic carbocycles. The van der Waals surface area contributed by atoms with Crippen molar-refractivity contribution in [3.8, 4) is 0 Å². The first-order chi connectivity index (χ1) is 16.2. The monoisotopic (exact) mass is 486 g/mol. The fourth-order valence-corrected chi connectivity index (χ4v) is 4.53. The average Bonchev–Trinajstić information content (AvgIpc) is 3.50. The van der Waals surface area contributed by atoms with E-state index < -0.39 is 0 Å². The molecule has 0 spiro atoms. The van der Waals surface area contributed by atoms with E-state index in [-0.39, 0.29) is 23.3 Å². The van der Waals surface area contributed by atoms with E-state index in [0.29, 0.717) is 34.4 Å². The zero-order chi connectivity index (χ0) is 22.9. The third kappa shape index (κ3) is 6.38. The molecule has 4 aromatic heterocycles. The molecule has 0 saturated heterocycles. The van der Waals surface area contributed by atoms with Crippen LogP contribution in [0.25, 0.3) is 22.3 Å². The number of rotatable bonds is 12. The van der Waals surface area contributed by atoms with Crippen LogP contribution in [0.5, 0.6) is 0 Å². The van der Waals surface area contributed by atoms with Gasteiger partial charge >= 0.3 is 0 Å². The van der Waals surface area contributed by atoms with Gasteiger partial charge in [-0.1, -0.05) is 23.5 Å². The van der Waals surface area contributed by atoms with Gasteiger partial charge < -0.3 is 20.6 Å². The first-order valence-corrected chi connectivity index (χ1v) is 12.2. The molecule has 0 atom stereocenters. The number of hydrogen-bond acceptors (Lipinski definition) is 10. The molecule has 0 bridgehead atoms. The number of carbonyl (C=O) groups is 2. The Labute approximate surface area is 197 Å². The van der Waals surface area contributed by atoms with Crippen molar-refractivity contribution in [1.29, 1.82) is 0 Å². The van der Waals surface area contributed by atoms with Crippen molar-refractivity contribution in [3.05, 3.63) is 25.3 Å². The summed E-state index contributed by atoms with van der Waals surface area (Å²) in [7, 11) is 0. The maximum atomic E-state index is 12.0. The number of nitrogens with zero attached hydrogens (tertiary/aromatic N) is 6. The van der Waals surface area contributed by atoms with E-state index in [1.54, 1.807) is 12.7 Å². The number of amides is 2. The molecular weight excluding hydrogens is 464 g/mol. The normalized spacial score (nSPS) is 11.2. The molecule has 4 rings (SSSR count). The van der Waals surface area contributed by atoms with Crippen LogP contribution in [0.2, 0.25) is 0 Å². The van der Waals surface area contributed by atoms with Crippen LogP contribution in [-0.2, 0) is 9.59 Å². The highest BCUT2D eigenvalue weighted by atomic mass is 32.2. The summed E-state index contributed by atoms with van der Waals surface area (Å²) in [5, 5.41) is 7.22. The maximum absolute atomic E-state index is 12.0. The van der Waals surface area contributed by atoms with Crippen molar-refractivity contribution in [3.63, 3.8) is 0 Å². The molecule has 12 nitrogen and oxygen atoms in total. The minimum atomic E-state index is -0.0484. The van der Waals surface area contributed by atoms with Crippen molar-refractivity contribution >= 4 is 57.7 Å². The lowest BCUT2D eigenvalue weighted by molar-refractivity contribution is -0.119. The van der Waals surface area contributed by atoms with Crippen molar-refractivity contribution in [2.75, 3.05) is 24.6 Å². The first-order valence-electron chi connectivity index (χ1n) is 10.3. The van der Waals surface area contributed by atoms with Crippen LogP contribution in [0.15, 0.2) is 35.4 Å². The third-order valence-electron chi connectivity index (χ3n) is 4.55. The Morgan fingerprint density at radius 3 is 1.67 bits per heavy atom. The van der Waals surface area contributed by atoms with Gasteiger partial charge in [0.05, 0.1) is 24.2 Å². The molecule has 0 aromatic carbocycles. The highest BCUT2D eigenvalue weighted by Crippen LogP contribution is 2.22. The van der Waals surface area contributed by atoms with Gasteiger partial charge in [-0.25, -0.2) is 29.9 Å². The van der Waals surface area contributed by atoms with Crippen molar-refractivity contribution in [2.24, 2.45) is 0 Å². The summed E-state index contributed by atoms with van der Waals surface area (Å²) in [6.07, 6.45) is 8.59. The lowest BCUT2D eigenvalue weighted by Gasteiger charge is -2.07. The number of aromatic amines is 2. The molecule has 4 N–H and O–H groups in total. The Kier molecular flexibility index (Phi) is 8.03. The predicted molar refractivity (Wildman–Crippen MR) is 125 cm³/mol. The standard InChI is InChI=1S/C19H22N10O2S2/c30-12(6-32-18-14-16(24-8-22-14)26-10-28-18)20-4-2-1-3-5-21-13(31)7-33-19-15-17(25-9-23-15)27-11-29-19/h8-11H,1-7H2,(H,20,30)(H,21,31)(H,22,24,26,28)(H,23,25,27,29). The summed E-state index contributed by atoms with van der Waals surface area (Å²) in [6.45, 7) is 1.20. The molecule has 0 aliphatic rings. The van der Waals surface area contributed by atoms with Gasteiger partial charge in [0.15, 0.2) is 11.3 Å². The number of fused-ring (bicyclic) bond motifs is 2. The summed E-state index contributed by atoms with van der Waals surface area (Å²) >= 11 is 2.69. The highest BCUT2D eigenvalue weighted by molar-refractivity contribution is 8.00. The van der Waals surface area contributed by atoms with Crippen molar-refractivity contribution < 1.29 is 9.59 Å². The summed E-state index contributed by atoms with van der Waals surface area (Å²) in [5.41, 5.74) is 2.65. The average molecular weight is 487 g/mol. The minimum absolute atomic E-state index is 0.0484. The predicted octanol–water partition coefficient (Wildman–Crippen LogP) is 1.31. The second-order valence-corrected chi connectivity index (χ2v) is 8.83. The molecule has 33 heavy (non-hydrogen) atoms. The van der Waals surface area contributed by atoms with Crippen LogP contribution in [0.4, 0.5) is 0 Å². The number of H-pyrrole nitrogens is 2. The lowest BCUT2D eigenvalue weighted by atomic mass is 10.2. The van der Waals surface area contributed by atoms with E-state index in [9.17, 15) is 9.59 Å². The van der Waals surface area contributed by atoms with Gasteiger partial charge in [-0.3, -0.25) is 9.59 Å². The lowest BCUT2D eigenvalue weighted by Crippen LogP contribution is -2.27. The van der Waals surface area contributed by atoms with Crippen LogP contribution in [0, 0.1) is 0 Å². The molecule has 0 unspecified atom stereocenters. The van der Waals surface area contributed by atoms with Crippen LogP contribution in [-0.4, -0.2) is 76.3 Å². The number of aromatic nitrogens is 8. The van der Waals surface area contributed by atoms with Gasteiger partial charge in [0.1, 0.15) is 33.7 Å². The second-order valence-electron chi connectivity index (χ2n) is 6.90. The van der Waals surface area contributed by atoms with E-state index in [2.05, 4.69) is 50.5 Å². The largest absolute Gasteiger partial charge is 0.355 e. The smallest absolute Gasteiger partial charge is 0.230 e. The molecule has 4 heterocycles. The first kappa shape index (κ1) is 22.9. The van der Waals surface area contributed by atoms with Gasteiger partial charge in [-0.15, -0.1) is 0 Å². The van der Waals surface area contributed by atoms with Gasteiger partial charge in [0, 0.05) is 13.1 Å². The molecular formula is C19H22N10O2S2. The van der Waals surface area contributed by atoms with E-state index in [1.165, 1.54) is 36.2 Å². The van der Waals surface area contributed by atoms with Crippen molar-refractivity contribution in [2.45, 2.75) is 29.3 Å². The van der Waals surface area contributed by atoms with Crippen LogP contribution in [0.3, 0.4) is 0 Å². The molecule has 0 radical (unpaired) electrons. The van der Waals surface area contributed by atoms with Crippen LogP contribution in [0.1, 0.15) is 19.3 Å². The number of unbranched alkanes of at least 4 members (excludes halogenated alkanes) is 2. The van der Waals surface area contributed by atoms with E-state index >= 15 is 0 Å². The number of nitrogens with one attached hydrogen (secondary N) is 4. The van der Waals surface area contributed by atoms with Gasteiger partial charge in [0.2, 0.25) is 11.8 Å². The Morgan fingerprint density at radius 1 is 0.697 bits per heavy atom. The molecule has 2 amide bonds. The topological polar surface area (TPSA) is 167 Å². The molecule has 172 valence electrons. The number of carbonyl (C=O) groups excluding carboxylic acids is 2. The third-order valence-corrected chi connectivity index (χ3v) is 6.53.